The summed E-state index contributed by atoms with van der Waals surface area (Å²) < 4.78 is 2.34. The van der Waals surface area contributed by atoms with E-state index in [2.05, 4.69) is 51.4 Å². The second kappa shape index (κ2) is 4.47. The van der Waals surface area contributed by atoms with Crippen LogP contribution in [0.15, 0.2) is 43.5 Å². The molecule has 0 atom stereocenters. The van der Waals surface area contributed by atoms with Crippen molar-refractivity contribution in [1.82, 2.24) is 4.98 Å². The molecule has 0 bridgehead atoms. The van der Waals surface area contributed by atoms with Crippen LogP contribution in [-0.4, -0.2) is 4.98 Å². The van der Waals surface area contributed by atoms with E-state index in [9.17, 15) is 0 Å². The Morgan fingerprint density at radius 2 is 2.36 bits per heavy atom. The summed E-state index contributed by atoms with van der Waals surface area (Å²) in [7, 11) is 0. The fraction of sp³-hybridized carbons (Fsp3) is 0.100. The van der Waals surface area contributed by atoms with E-state index in [1.54, 1.807) is 23.1 Å². The molecule has 4 heteroatoms. The highest BCUT2D eigenvalue weighted by molar-refractivity contribution is 9.10. The zero-order chi connectivity index (χ0) is 9.97. The van der Waals surface area contributed by atoms with Crippen LogP contribution in [0.5, 0.6) is 0 Å². The first-order valence-corrected chi connectivity index (χ1v) is 6.58. The highest BCUT2D eigenvalue weighted by Crippen LogP contribution is 2.31. The maximum absolute atomic E-state index is 4.34. The Balaban J connectivity index is 2.22. The standard InChI is InChI=1S/C10H8BrNS2/c1-7-5-9(12-6-8(7)11)14-10-3-2-4-13-10/h2-6H,1H3. The van der Waals surface area contributed by atoms with Gasteiger partial charge in [0.05, 0.1) is 4.21 Å². The Morgan fingerprint density at radius 1 is 1.50 bits per heavy atom. The van der Waals surface area contributed by atoms with Gasteiger partial charge in [-0.15, -0.1) is 11.3 Å². The van der Waals surface area contributed by atoms with Crippen molar-refractivity contribution in [3.05, 3.63) is 39.8 Å². The van der Waals surface area contributed by atoms with Crippen LogP contribution >= 0.6 is 39.0 Å². The average Bonchev–Trinajstić information content (AvgIpc) is 2.64. The van der Waals surface area contributed by atoms with Gasteiger partial charge in [0, 0.05) is 10.7 Å². The molecule has 0 saturated heterocycles. The van der Waals surface area contributed by atoms with E-state index in [-0.39, 0.29) is 0 Å². The Morgan fingerprint density at radius 3 is 3.00 bits per heavy atom. The molecule has 0 fully saturated rings. The van der Waals surface area contributed by atoms with Crippen LogP contribution in [0.2, 0.25) is 0 Å². The number of aryl methyl sites for hydroxylation is 1. The molecule has 0 aromatic carbocycles. The number of nitrogens with zero attached hydrogens (tertiary/aromatic N) is 1. The van der Waals surface area contributed by atoms with Gasteiger partial charge in [0.2, 0.25) is 0 Å². The molecule has 2 rings (SSSR count). The molecule has 0 aliphatic carbocycles. The molecule has 0 aliphatic heterocycles. The molecule has 0 radical (unpaired) electrons. The molecule has 0 unspecified atom stereocenters. The van der Waals surface area contributed by atoms with Gasteiger partial charge in [-0.05, 0) is 45.9 Å². The van der Waals surface area contributed by atoms with Crippen LogP contribution in [0.25, 0.3) is 0 Å². The van der Waals surface area contributed by atoms with Crippen LogP contribution < -0.4 is 0 Å². The van der Waals surface area contributed by atoms with Crippen molar-refractivity contribution in [2.75, 3.05) is 0 Å². The molecule has 1 nitrogen and oxygen atoms in total. The Kier molecular flexibility index (Phi) is 3.26. The second-order valence-electron chi connectivity index (χ2n) is 2.81. The van der Waals surface area contributed by atoms with Crippen molar-refractivity contribution in [1.29, 1.82) is 0 Å². The average molecular weight is 286 g/mol. The quantitative estimate of drug-likeness (QED) is 0.813. The largest absolute Gasteiger partial charge is 0.248 e. The van der Waals surface area contributed by atoms with Gasteiger partial charge in [-0.25, -0.2) is 4.98 Å². The maximum atomic E-state index is 4.34. The number of thiophene rings is 1. The summed E-state index contributed by atoms with van der Waals surface area (Å²) in [6, 6.07) is 6.25. The summed E-state index contributed by atoms with van der Waals surface area (Å²) in [6.45, 7) is 2.07. The lowest BCUT2D eigenvalue weighted by Gasteiger charge is -2.00. The number of rotatable bonds is 2. The van der Waals surface area contributed by atoms with Gasteiger partial charge in [0.25, 0.3) is 0 Å². The van der Waals surface area contributed by atoms with Crippen molar-refractivity contribution < 1.29 is 0 Å². The van der Waals surface area contributed by atoms with Crippen LogP contribution in [0.4, 0.5) is 0 Å². The van der Waals surface area contributed by atoms with E-state index in [0.29, 0.717) is 0 Å². The van der Waals surface area contributed by atoms with Gasteiger partial charge in [-0.1, -0.05) is 17.8 Å². The number of hydrogen-bond acceptors (Lipinski definition) is 3. The fourth-order valence-corrected chi connectivity index (χ4v) is 2.97. The summed E-state index contributed by atoms with van der Waals surface area (Å²) in [5, 5.41) is 3.13. The van der Waals surface area contributed by atoms with Gasteiger partial charge in [0.15, 0.2) is 0 Å². The number of pyridine rings is 1. The monoisotopic (exact) mass is 285 g/mol. The molecular formula is C10H8BrNS2. The first kappa shape index (κ1) is 10.2. The van der Waals surface area contributed by atoms with Gasteiger partial charge >= 0.3 is 0 Å². The first-order valence-electron chi connectivity index (χ1n) is 4.09. The second-order valence-corrected chi connectivity index (χ2v) is 5.93. The SMILES string of the molecule is Cc1cc(Sc2cccs2)ncc1Br. The van der Waals surface area contributed by atoms with E-state index in [1.807, 2.05) is 6.20 Å². The van der Waals surface area contributed by atoms with Crippen LogP contribution in [-0.2, 0) is 0 Å². The van der Waals surface area contributed by atoms with Crippen LogP contribution in [0.3, 0.4) is 0 Å². The Hall–Kier alpha value is -0.320. The highest BCUT2D eigenvalue weighted by Gasteiger charge is 2.01. The van der Waals surface area contributed by atoms with Crippen molar-refractivity contribution in [2.45, 2.75) is 16.2 Å². The summed E-state index contributed by atoms with van der Waals surface area (Å²) >= 11 is 6.88. The summed E-state index contributed by atoms with van der Waals surface area (Å²) in [5.74, 6) is 0. The van der Waals surface area contributed by atoms with Crippen LogP contribution in [0.1, 0.15) is 5.56 Å². The lowest BCUT2D eigenvalue weighted by atomic mass is 10.3. The number of halogens is 1. The lowest BCUT2D eigenvalue weighted by molar-refractivity contribution is 1.10. The Bertz CT molecular complexity index is 426. The third-order valence-corrected chi connectivity index (χ3v) is 4.52. The normalized spacial score (nSPS) is 10.4. The zero-order valence-electron chi connectivity index (χ0n) is 7.53. The predicted octanol–water partition coefficient (Wildman–Crippen LogP) is 4.37. The maximum Gasteiger partial charge on any atom is 0.102 e. The van der Waals surface area contributed by atoms with E-state index in [0.717, 1.165) is 9.50 Å². The third-order valence-electron chi connectivity index (χ3n) is 1.72. The summed E-state index contributed by atoms with van der Waals surface area (Å²) in [6.07, 6.45) is 1.85. The van der Waals surface area contributed by atoms with E-state index >= 15 is 0 Å². The number of hydrogen-bond donors (Lipinski definition) is 0. The molecular weight excluding hydrogens is 278 g/mol. The zero-order valence-corrected chi connectivity index (χ0v) is 10.7. The minimum atomic E-state index is 1.05. The minimum absolute atomic E-state index is 1.05. The smallest absolute Gasteiger partial charge is 0.102 e. The third kappa shape index (κ3) is 2.38. The molecule has 2 aromatic rings. The van der Waals surface area contributed by atoms with Crippen LogP contribution in [0, 0.1) is 6.92 Å². The molecule has 0 N–H and O–H groups in total. The molecule has 72 valence electrons. The summed E-state index contributed by atoms with van der Waals surface area (Å²) in [5.41, 5.74) is 1.22. The lowest BCUT2D eigenvalue weighted by Crippen LogP contribution is -1.82. The molecule has 0 spiro atoms. The molecule has 0 saturated carbocycles. The van der Waals surface area contributed by atoms with E-state index in [4.69, 9.17) is 0 Å². The van der Waals surface area contributed by atoms with Crippen molar-refractivity contribution in [3.63, 3.8) is 0 Å². The first-order chi connectivity index (χ1) is 6.75. The van der Waals surface area contributed by atoms with Gasteiger partial charge in [0.1, 0.15) is 5.03 Å². The minimum Gasteiger partial charge on any atom is -0.248 e. The fourth-order valence-electron chi connectivity index (χ4n) is 0.994. The van der Waals surface area contributed by atoms with Gasteiger partial charge in [-0.3, -0.25) is 0 Å². The van der Waals surface area contributed by atoms with E-state index < -0.39 is 0 Å². The topological polar surface area (TPSA) is 12.9 Å². The highest BCUT2D eigenvalue weighted by atomic mass is 79.9. The summed E-state index contributed by atoms with van der Waals surface area (Å²) in [4.78, 5) is 4.34. The predicted molar refractivity (Wildman–Crippen MR) is 65.1 cm³/mol. The Labute approximate surface area is 99.7 Å². The van der Waals surface area contributed by atoms with E-state index in [1.165, 1.54) is 9.77 Å². The van der Waals surface area contributed by atoms with Crippen molar-refractivity contribution >= 4 is 39.0 Å². The number of aromatic nitrogens is 1. The van der Waals surface area contributed by atoms with Gasteiger partial charge < -0.3 is 0 Å². The molecule has 0 aliphatic rings. The van der Waals surface area contributed by atoms with Gasteiger partial charge in [-0.2, -0.15) is 0 Å². The molecule has 2 heterocycles. The van der Waals surface area contributed by atoms with Crippen molar-refractivity contribution in [3.8, 4) is 0 Å². The molecule has 0 amide bonds. The molecule has 14 heavy (non-hydrogen) atoms. The van der Waals surface area contributed by atoms with Crippen molar-refractivity contribution in [2.24, 2.45) is 0 Å². The molecule has 2 aromatic heterocycles.